The summed E-state index contributed by atoms with van der Waals surface area (Å²) in [7, 11) is 2.05. The molecule has 110 valence electrons. The summed E-state index contributed by atoms with van der Waals surface area (Å²) in [5, 5.41) is 9.08. The summed E-state index contributed by atoms with van der Waals surface area (Å²) in [5.41, 5.74) is 1.15. The number of pyridine rings is 1. The highest BCUT2D eigenvalue weighted by Gasteiger charge is 2.26. The summed E-state index contributed by atoms with van der Waals surface area (Å²) in [4.78, 5) is 20.4. The maximum atomic E-state index is 12.3. The van der Waals surface area contributed by atoms with Crippen LogP contribution in [0.3, 0.4) is 0 Å². The molecule has 1 aliphatic heterocycles. The van der Waals surface area contributed by atoms with Crippen LogP contribution >= 0.6 is 0 Å². The van der Waals surface area contributed by atoms with Crippen LogP contribution in [-0.2, 0) is 11.2 Å². The predicted octanol–water partition coefficient (Wildman–Crippen LogP) is 0.539. The van der Waals surface area contributed by atoms with Gasteiger partial charge in [0, 0.05) is 51.1 Å². The summed E-state index contributed by atoms with van der Waals surface area (Å²) in [6.45, 7) is 2.57. The van der Waals surface area contributed by atoms with E-state index in [1.54, 1.807) is 12.4 Å². The number of piperazine rings is 1. The molecule has 1 fully saturated rings. The van der Waals surface area contributed by atoms with Crippen molar-refractivity contribution in [3.05, 3.63) is 30.1 Å². The molecule has 5 heteroatoms. The molecule has 1 N–H and O–H groups in total. The van der Waals surface area contributed by atoms with Gasteiger partial charge in [0.15, 0.2) is 0 Å². The van der Waals surface area contributed by atoms with Crippen LogP contribution in [0.1, 0.15) is 18.4 Å². The molecule has 0 radical (unpaired) electrons. The average molecular weight is 277 g/mol. The van der Waals surface area contributed by atoms with Crippen LogP contribution in [0.5, 0.6) is 0 Å². The third-order valence-electron chi connectivity index (χ3n) is 3.97. The van der Waals surface area contributed by atoms with Crippen LogP contribution in [0.2, 0.25) is 0 Å². The van der Waals surface area contributed by atoms with Crippen LogP contribution in [0.25, 0.3) is 0 Å². The van der Waals surface area contributed by atoms with Gasteiger partial charge < -0.3 is 10.0 Å². The molecule has 0 bridgehead atoms. The summed E-state index contributed by atoms with van der Waals surface area (Å²) in [6, 6.07) is 4.18. The van der Waals surface area contributed by atoms with Crippen molar-refractivity contribution in [3.8, 4) is 0 Å². The summed E-state index contributed by atoms with van der Waals surface area (Å²) < 4.78 is 0. The molecule has 2 rings (SSSR count). The molecular weight excluding hydrogens is 254 g/mol. The molecule has 5 nitrogen and oxygen atoms in total. The standard InChI is InChI=1S/C15H23N3O2/c1-17-9-10-18(12-14(17)6-11-19)15(20)3-2-13-4-7-16-8-5-13/h4-5,7-8,14,19H,2-3,6,9-12H2,1H3/t14-/m0/s1. The van der Waals surface area contributed by atoms with E-state index in [-0.39, 0.29) is 18.6 Å². The van der Waals surface area contributed by atoms with Crippen LogP contribution in [-0.4, -0.2) is 65.1 Å². The first-order valence-electron chi connectivity index (χ1n) is 7.18. The second-order valence-electron chi connectivity index (χ2n) is 5.34. The molecule has 0 unspecified atom stereocenters. The van der Waals surface area contributed by atoms with E-state index < -0.39 is 0 Å². The van der Waals surface area contributed by atoms with Crippen LogP contribution in [0, 0.1) is 0 Å². The molecule has 1 atom stereocenters. The fourth-order valence-corrected chi connectivity index (χ4v) is 2.59. The topological polar surface area (TPSA) is 56.7 Å². The molecule has 1 aromatic heterocycles. The van der Waals surface area contributed by atoms with Crippen molar-refractivity contribution < 1.29 is 9.90 Å². The molecule has 0 saturated carbocycles. The smallest absolute Gasteiger partial charge is 0.222 e. The van der Waals surface area contributed by atoms with E-state index in [1.807, 2.05) is 17.0 Å². The number of carbonyl (C=O) groups excluding carboxylic acids is 1. The number of hydrogen-bond acceptors (Lipinski definition) is 4. The van der Waals surface area contributed by atoms with Gasteiger partial charge in [0.25, 0.3) is 0 Å². The Balaban J connectivity index is 1.83. The van der Waals surface area contributed by atoms with Crippen LogP contribution in [0.15, 0.2) is 24.5 Å². The number of hydrogen-bond donors (Lipinski definition) is 1. The molecule has 0 spiro atoms. The highest BCUT2D eigenvalue weighted by Crippen LogP contribution is 2.13. The van der Waals surface area contributed by atoms with E-state index in [9.17, 15) is 4.79 Å². The van der Waals surface area contributed by atoms with Gasteiger partial charge in [-0.1, -0.05) is 0 Å². The molecular formula is C15H23N3O2. The maximum absolute atomic E-state index is 12.3. The van der Waals surface area contributed by atoms with Crippen molar-refractivity contribution in [1.82, 2.24) is 14.8 Å². The molecule has 0 aliphatic carbocycles. The quantitative estimate of drug-likeness (QED) is 0.853. The SMILES string of the molecule is CN1CCN(C(=O)CCc2ccncc2)C[C@@H]1CCO. The number of carbonyl (C=O) groups is 1. The van der Waals surface area contributed by atoms with Gasteiger partial charge in [0.05, 0.1) is 0 Å². The number of likely N-dealkylation sites (N-methyl/N-ethyl adjacent to an activating group) is 1. The number of aryl methyl sites for hydroxylation is 1. The van der Waals surface area contributed by atoms with Gasteiger partial charge in [-0.3, -0.25) is 14.7 Å². The van der Waals surface area contributed by atoms with E-state index in [2.05, 4.69) is 16.9 Å². The lowest BCUT2D eigenvalue weighted by atomic mass is 10.1. The lowest BCUT2D eigenvalue weighted by Crippen LogP contribution is -2.53. The monoisotopic (exact) mass is 277 g/mol. The van der Waals surface area contributed by atoms with E-state index in [0.717, 1.165) is 38.0 Å². The Kier molecular flexibility index (Phi) is 5.49. The second kappa shape index (κ2) is 7.36. The van der Waals surface area contributed by atoms with Crippen molar-refractivity contribution in [2.24, 2.45) is 0 Å². The number of aliphatic hydroxyl groups excluding tert-OH is 1. The zero-order valence-corrected chi connectivity index (χ0v) is 12.0. The van der Waals surface area contributed by atoms with E-state index in [0.29, 0.717) is 6.42 Å². The molecule has 2 heterocycles. The van der Waals surface area contributed by atoms with E-state index in [1.165, 1.54) is 0 Å². The zero-order chi connectivity index (χ0) is 14.4. The summed E-state index contributed by atoms with van der Waals surface area (Å²) in [6.07, 6.45) is 5.54. The lowest BCUT2D eigenvalue weighted by Gasteiger charge is -2.39. The van der Waals surface area contributed by atoms with E-state index >= 15 is 0 Å². The first-order valence-corrected chi connectivity index (χ1v) is 7.18. The molecule has 1 aromatic rings. The highest BCUT2D eigenvalue weighted by molar-refractivity contribution is 5.76. The van der Waals surface area contributed by atoms with Crippen molar-refractivity contribution in [3.63, 3.8) is 0 Å². The largest absolute Gasteiger partial charge is 0.396 e. The second-order valence-corrected chi connectivity index (χ2v) is 5.34. The van der Waals surface area contributed by atoms with Gasteiger partial charge in [-0.25, -0.2) is 0 Å². The fraction of sp³-hybridized carbons (Fsp3) is 0.600. The Labute approximate surface area is 120 Å². The minimum Gasteiger partial charge on any atom is -0.396 e. The minimum atomic E-state index is 0.175. The third kappa shape index (κ3) is 4.02. The Hall–Kier alpha value is -1.46. The number of aliphatic hydroxyl groups is 1. The first-order chi connectivity index (χ1) is 9.70. The normalized spacial score (nSPS) is 20.1. The Morgan fingerprint density at radius 1 is 1.40 bits per heavy atom. The van der Waals surface area contributed by atoms with Crippen molar-refractivity contribution in [1.29, 1.82) is 0 Å². The van der Waals surface area contributed by atoms with Crippen molar-refractivity contribution in [2.75, 3.05) is 33.3 Å². The minimum absolute atomic E-state index is 0.175. The van der Waals surface area contributed by atoms with Crippen molar-refractivity contribution >= 4 is 5.91 Å². The number of amides is 1. The fourth-order valence-electron chi connectivity index (χ4n) is 2.59. The third-order valence-corrected chi connectivity index (χ3v) is 3.97. The lowest BCUT2D eigenvalue weighted by molar-refractivity contribution is -0.134. The summed E-state index contributed by atoms with van der Waals surface area (Å²) in [5.74, 6) is 0.206. The number of aromatic nitrogens is 1. The maximum Gasteiger partial charge on any atom is 0.222 e. The Morgan fingerprint density at radius 2 is 2.15 bits per heavy atom. The summed E-state index contributed by atoms with van der Waals surface area (Å²) >= 11 is 0. The average Bonchev–Trinajstić information content (AvgIpc) is 2.48. The molecule has 1 amide bonds. The van der Waals surface area contributed by atoms with Gasteiger partial charge in [0.2, 0.25) is 5.91 Å². The number of nitrogens with zero attached hydrogens (tertiary/aromatic N) is 3. The molecule has 0 aromatic carbocycles. The van der Waals surface area contributed by atoms with Crippen LogP contribution in [0.4, 0.5) is 0 Å². The first kappa shape index (κ1) is 14.9. The zero-order valence-electron chi connectivity index (χ0n) is 12.0. The van der Waals surface area contributed by atoms with Crippen molar-refractivity contribution in [2.45, 2.75) is 25.3 Å². The van der Waals surface area contributed by atoms with Gasteiger partial charge in [-0.05, 0) is 37.6 Å². The van der Waals surface area contributed by atoms with Gasteiger partial charge in [-0.15, -0.1) is 0 Å². The Morgan fingerprint density at radius 3 is 2.85 bits per heavy atom. The molecule has 1 saturated heterocycles. The van der Waals surface area contributed by atoms with Crippen LogP contribution < -0.4 is 0 Å². The van der Waals surface area contributed by atoms with Gasteiger partial charge in [-0.2, -0.15) is 0 Å². The van der Waals surface area contributed by atoms with Gasteiger partial charge >= 0.3 is 0 Å². The number of rotatable bonds is 5. The predicted molar refractivity (Wildman–Crippen MR) is 77.3 cm³/mol. The van der Waals surface area contributed by atoms with E-state index in [4.69, 9.17) is 5.11 Å². The van der Waals surface area contributed by atoms with Gasteiger partial charge in [0.1, 0.15) is 0 Å². The Bertz CT molecular complexity index is 424. The highest BCUT2D eigenvalue weighted by atomic mass is 16.3. The molecule has 1 aliphatic rings. The molecule has 20 heavy (non-hydrogen) atoms.